The summed E-state index contributed by atoms with van der Waals surface area (Å²) in [7, 11) is 0. The molecule has 130 valence electrons. The molecule has 0 atom stereocenters. The van der Waals surface area contributed by atoms with Crippen molar-refractivity contribution >= 4 is 17.3 Å². The van der Waals surface area contributed by atoms with E-state index in [9.17, 15) is 4.79 Å². The molecule has 0 unspecified atom stereocenters. The fourth-order valence-electron chi connectivity index (χ4n) is 2.89. The number of amides is 1. The van der Waals surface area contributed by atoms with E-state index in [0.717, 1.165) is 11.3 Å². The summed E-state index contributed by atoms with van der Waals surface area (Å²) in [4.78, 5) is 19.0. The fourth-order valence-corrected chi connectivity index (χ4v) is 2.89. The molecule has 1 aliphatic rings. The number of nitrogens with zero attached hydrogens (tertiary/aromatic N) is 2. The molecule has 3 aromatic rings. The van der Waals surface area contributed by atoms with Gasteiger partial charge in [0.05, 0.1) is 11.3 Å². The first-order valence-electron chi connectivity index (χ1n) is 8.35. The number of ether oxygens (including phenoxy) is 2. The predicted octanol–water partition coefficient (Wildman–Crippen LogP) is 4.41. The number of hydrogen-bond donors (Lipinski definition) is 0. The lowest BCUT2D eigenvalue weighted by molar-refractivity contribution is 0.0999. The number of fused-ring (bicyclic) bond motifs is 1. The smallest absolute Gasteiger partial charge is 0.264 e. The quantitative estimate of drug-likeness (QED) is 0.705. The van der Waals surface area contributed by atoms with E-state index in [0.29, 0.717) is 22.7 Å². The SMILES string of the molecule is Cc1ccc(N(C(=O)c2cccnc2)c2ccc3c(c2)OCO3)cc1C. The van der Waals surface area contributed by atoms with Gasteiger partial charge in [0.25, 0.3) is 5.91 Å². The van der Waals surface area contributed by atoms with Crippen molar-refractivity contribution in [1.82, 2.24) is 4.98 Å². The average molecular weight is 346 g/mol. The van der Waals surface area contributed by atoms with E-state index in [1.165, 1.54) is 5.56 Å². The molecule has 4 rings (SSSR count). The summed E-state index contributed by atoms with van der Waals surface area (Å²) in [6.07, 6.45) is 3.22. The number of carbonyl (C=O) groups excluding carboxylic acids is 1. The summed E-state index contributed by atoms with van der Waals surface area (Å²) < 4.78 is 10.9. The van der Waals surface area contributed by atoms with Gasteiger partial charge in [-0.05, 0) is 61.4 Å². The number of benzene rings is 2. The molecule has 2 aromatic carbocycles. The third-order valence-electron chi connectivity index (χ3n) is 4.47. The second kappa shape index (κ2) is 6.52. The Hall–Kier alpha value is -3.34. The van der Waals surface area contributed by atoms with E-state index < -0.39 is 0 Å². The number of carbonyl (C=O) groups is 1. The van der Waals surface area contributed by atoms with Gasteiger partial charge in [-0.15, -0.1) is 0 Å². The highest BCUT2D eigenvalue weighted by atomic mass is 16.7. The van der Waals surface area contributed by atoms with Crippen LogP contribution < -0.4 is 14.4 Å². The van der Waals surface area contributed by atoms with Crippen LogP contribution in [0.4, 0.5) is 11.4 Å². The Morgan fingerprint density at radius 3 is 2.50 bits per heavy atom. The van der Waals surface area contributed by atoms with Crippen LogP contribution in [0.2, 0.25) is 0 Å². The Balaban J connectivity index is 1.83. The minimum Gasteiger partial charge on any atom is -0.454 e. The lowest BCUT2D eigenvalue weighted by atomic mass is 10.1. The van der Waals surface area contributed by atoms with Gasteiger partial charge in [0.15, 0.2) is 11.5 Å². The zero-order chi connectivity index (χ0) is 18.1. The molecule has 1 aliphatic heterocycles. The molecule has 5 heteroatoms. The summed E-state index contributed by atoms with van der Waals surface area (Å²) in [5.74, 6) is 1.16. The first-order valence-corrected chi connectivity index (χ1v) is 8.35. The van der Waals surface area contributed by atoms with Crippen molar-refractivity contribution in [3.05, 3.63) is 77.6 Å². The van der Waals surface area contributed by atoms with E-state index in [-0.39, 0.29) is 12.7 Å². The molecular formula is C21H18N2O3. The molecule has 0 fully saturated rings. The van der Waals surface area contributed by atoms with Crippen molar-refractivity contribution in [3.8, 4) is 11.5 Å². The molecular weight excluding hydrogens is 328 g/mol. The van der Waals surface area contributed by atoms with Gasteiger partial charge in [0.1, 0.15) is 0 Å². The highest BCUT2D eigenvalue weighted by molar-refractivity contribution is 6.11. The second-order valence-corrected chi connectivity index (χ2v) is 6.19. The van der Waals surface area contributed by atoms with Crippen LogP contribution in [0.3, 0.4) is 0 Å². The summed E-state index contributed by atoms with van der Waals surface area (Å²) >= 11 is 0. The molecule has 5 nitrogen and oxygen atoms in total. The van der Waals surface area contributed by atoms with E-state index in [2.05, 4.69) is 4.98 Å². The molecule has 0 saturated heterocycles. The minimum absolute atomic E-state index is 0.153. The van der Waals surface area contributed by atoms with Crippen LogP contribution in [0, 0.1) is 13.8 Å². The van der Waals surface area contributed by atoms with Crippen LogP contribution in [-0.2, 0) is 0 Å². The topological polar surface area (TPSA) is 51.7 Å². The Morgan fingerprint density at radius 1 is 0.962 bits per heavy atom. The average Bonchev–Trinajstić information content (AvgIpc) is 3.13. The normalized spacial score (nSPS) is 12.1. The zero-order valence-corrected chi connectivity index (χ0v) is 14.6. The molecule has 1 aromatic heterocycles. The third-order valence-corrected chi connectivity index (χ3v) is 4.47. The number of pyridine rings is 1. The van der Waals surface area contributed by atoms with E-state index in [1.54, 1.807) is 29.4 Å². The monoisotopic (exact) mass is 346 g/mol. The molecule has 2 heterocycles. The summed E-state index contributed by atoms with van der Waals surface area (Å²) in [6.45, 7) is 4.27. The lowest BCUT2D eigenvalue weighted by Crippen LogP contribution is -2.26. The van der Waals surface area contributed by atoms with E-state index in [1.807, 2.05) is 50.2 Å². The Kier molecular flexibility index (Phi) is 4.05. The first-order chi connectivity index (χ1) is 12.6. The molecule has 0 radical (unpaired) electrons. The Bertz CT molecular complexity index is 970. The van der Waals surface area contributed by atoms with Gasteiger partial charge in [-0.2, -0.15) is 0 Å². The molecule has 1 amide bonds. The van der Waals surface area contributed by atoms with Crippen molar-refractivity contribution < 1.29 is 14.3 Å². The van der Waals surface area contributed by atoms with Crippen molar-refractivity contribution in [2.45, 2.75) is 13.8 Å². The number of anilines is 2. The molecule has 0 aliphatic carbocycles. The Labute approximate surface area is 151 Å². The number of aryl methyl sites for hydroxylation is 2. The molecule has 0 spiro atoms. The van der Waals surface area contributed by atoms with E-state index >= 15 is 0 Å². The van der Waals surface area contributed by atoms with Crippen LogP contribution in [-0.4, -0.2) is 17.7 Å². The van der Waals surface area contributed by atoms with Crippen molar-refractivity contribution in [2.75, 3.05) is 11.7 Å². The summed E-state index contributed by atoms with van der Waals surface area (Å²) in [6, 6.07) is 15.0. The highest BCUT2D eigenvalue weighted by Crippen LogP contribution is 2.38. The van der Waals surface area contributed by atoms with Crippen LogP contribution in [0.25, 0.3) is 0 Å². The summed E-state index contributed by atoms with van der Waals surface area (Å²) in [5, 5.41) is 0. The number of hydrogen-bond acceptors (Lipinski definition) is 4. The van der Waals surface area contributed by atoms with Crippen molar-refractivity contribution in [1.29, 1.82) is 0 Å². The minimum atomic E-state index is -0.153. The molecule has 0 saturated carbocycles. The second-order valence-electron chi connectivity index (χ2n) is 6.19. The van der Waals surface area contributed by atoms with Crippen LogP contribution >= 0.6 is 0 Å². The van der Waals surface area contributed by atoms with Crippen LogP contribution in [0.15, 0.2) is 60.9 Å². The van der Waals surface area contributed by atoms with Gasteiger partial charge >= 0.3 is 0 Å². The van der Waals surface area contributed by atoms with Crippen LogP contribution in [0.1, 0.15) is 21.5 Å². The fraction of sp³-hybridized carbons (Fsp3) is 0.143. The molecule has 0 N–H and O–H groups in total. The molecule has 26 heavy (non-hydrogen) atoms. The van der Waals surface area contributed by atoms with Crippen molar-refractivity contribution in [2.24, 2.45) is 0 Å². The standard InChI is InChI=1S/C21H18N2O3/c1-14-5-6-17(10-15(14)2)23(21(24)16-4-3-9-22-12-16)18-7-8-19-20(11-18)26-13-25-19/h3-12H,13H2,1-2H3. The maximum atomic E-state index is 13.3. The lowest BCUT2D eigenvalue weighted by Gasteiger charge is -2.24. The largest absolute Gasteiger partial charge is 0.454 e. The number of aromatic nitrogens is 1. The highest BCUT2D eigenvalue weighted by Gasteiger charge is 2.23. The first kappa shape index (κ1) is 16.1. The third kappa shape index (κ3) is 2.88. The van der Waals surface area contributed by atoms with Gasteiger partial charge in [0.2, 0.25) is 6.79 Å². The van der Waals surface area contributed by atoms with Crippen molar-refractivity contribution in [3.63, 3.8) is 0 Å². The molecule has 0 bridgehead atoms. The van der Waals surface area contributed by atoms with Gasteiger partial charge in [0, 0.05) is 24.1 Å². The zero-order valence-electron chi connectivity index (χ0n) is 14.6. The predicted molar refractivity (Wildman–Crippen MR) is 99.2 cm³/mol. The maximum absolute atomic E-state index is 13.3. The number of rotatable bonds is 3. The van der Waals surface area contributed by atoms with E-state index in [4.69, 9.17) is 9.47 Å². The van der Waals surface area contributed by atoms with Gasteiger partial charge in [-0.3, -0.25) is 14.7 Å². The van der Waals surface area contributed by atoms with Gasteiger partial charge in [-0.25, -0.2) is 0 Å². The van der Waals surface area contributed by atoms with Gasteiger partial charge in [-0.1, -0.05) is 6.07 Å². The Morgan fingerprint density at radius 2 is 1.73 bits per heavy atom. The van der Waals surface area contributed by atoms with Gasteiger partial charge < -0.3 is 9.47 Å². The van der Waals surface area contributed by atoms with Crippen LogP contribution in [0.5, 0.6) is 11.5 Å². The maximum Gasteiger partial charge on any atom is 0.264 e. The summed E-state index contributed by atoms with van der Waals surface area (Å²) in [5.41, 5.74) is 4.32.